The van der Waals surface area contributed by atoms with Crippen LogP contribution in [0.15, 0.2) is 63.1 Å². The van der Waals surface area contributed by atoms with Gasteiger partial charge in [0.05, 0.1) is 0 Å². The number of thioether (sulfide) groups is 2. The van der Waals surface area contributed by atoms with Crippen molar-refractivity contribution in [1.82, 2.24) is 10.2 Å². The average molecular weight is 379 g/mol. The highest BCUT2D eigenvalue weighted by molar-refractivity contribution is 7.98. The first-order valence-corrected chi connectivity index (χ1v) is 9.78. The van der Waals surface area contributed by atoms with Gasteiger partial charge in [-0.1, -0.05) is 35.5 Å². The van der Waals surface area contributed by atoms with Crippen LogP contribution in [0, 0.1) is 0 Å². The van der Waals surface area contributed by atoms with Gasteiger partial charge in [-0.3, -0.25) is 0 Å². The molecule has 0 atom stereocenters. The zero-order valence-corrected chi connectivity index (χ0v) is 15.3. The maximum absolute atomic E-state index is 5.83. The third-order valence-electron chi connectivity index (χ3n) is 3.15. The summed E-state index contributed by atoms with van der Waals surface area (Å²) in [5.74, 6) is 1.94. The fraction of sp³-hybridized carbons (Fsp3) is 0.176. The summed E-state index contributed by atoms with van der Waals surface area (Å²) >= 11 is 9.08. The van der Waals surface area contributed by atoms with Crippen molar-refractivity contribution < 1.29 is 9.15 Å². The van der Waals surface area contributed by atoms with E-state index in [0.29, 0.717) is 21.9 Å². The molecular formula is C17H15ClN2O2S2. The number of ether oxygens (including phenoxy) is 1. The molecule has 24 heavy (non-hydrogen) atoms. The van der Waals surface area contributed by atoms with Gasteiger partial charge in [-0.15, -0.1) is 22.0 Å². The van der Waals surface area contributed by atoms with E-state index in [-0.39, 0.29) is 6.61 Å². The molecule has 0 N–H and O–H groups in total. The molecular weight excluding hydrogens is 364 g/mol. The molecule has 124 valence electrons. The molecule has 0 aliphatic heterocycles. The van der Waals surface area contributed by atoms with Crippen LogP contribution in [-0.4, -0.2) is 16.5 Å². The minimum atomic E-state index is 0.234. The highest BCUT2D eigenvalue weighted by Crippen LogP contribution is 2.24. The fourth-order valence-corrected chi connectivity index (χ4v) is 3.17. The Labute approximate surface area is 154 Å². The van der Waals surface area contributed by atoms with Crippen molar-refractivity contribution in [2.75, 3.05) is 6.26 Å². The minimum Gasteiger partial charge on any atom is -0.484 e. The molecule has 1 heterocycles. The van der Waals surface area contributed by atoms with Gasteiger partial charge in [0.15, 0.2) is 6.61 Å². The largest absolute Gasteiger partial charge is 0.484 e. The van der Waals surface area contributed by atoms with Crippen LogP contribution in [0.3, 0.4) is 0 Å². The van der Waals surface area contributed by atoms with Gasteiger partial charge in [-0.05, 0) is 48.2 Å². The van der Waals surface area contributed by atoms with Gasteiger partial charge in [0.25, 0.3) is 11.1 Å². The predicted octanol–water partition coefficient (Wildman–Crippen LogP) is 5.32. The Morgan fingerprint density at radius 1 is 1.04 bits per heavy atom. The number of benzene rings is 2. The Morgan fingerprint density at radius 2 is 1.79 bits per heavy atom. The number of nitrogens with zero attached hydrogens (tertiary/aromatic N) is 2. The molecule has 0 aliphatic rings. The number of halogens is 1. The third-order valence-corrected chi connectivity index (χ3v) is 5.03. The number of hydrogen-bond acceptors (Lipinski definition) is 6. The van der Waals surface area contributed by atoms with E-state index in [1.54, 1.807) is 36.0 Å². The van der Waals surface area contributed by atoms with Gasteiger partial charge in [0.1, 0.15) is 5.75 Å². The zero-order valence-electron chi connectivity index (χ0n) is 12.9. The topological polar surface area (TPSA) is 48.2 Å². The van der Waals surface area contributed by atoms with E-state index >= 15 is 0 Å². The summed E-state index contributed by atoms with van der Waals surface area (Å²) in [6.07, 6.45) is 2.07. The van der Waals surface area contributed by atoms with Crippen molar-refractivity contribution in [1.29, 1.82) is 0 Å². The smallest absolute Gasteiger partial charge is 0.277 e. The third kappa shape index (κ3) is 4.93. The normalized spacial score (nSPS) is 10.8. The molecule has 3 rings (SSSR count). The zero-order chi connectivity index (χ0) is 16.8. The standard InChI is InChI=1S/C17H15ClN2O2S2/c1-23-15-8-2-12(3-9-15)11-24-17-20-19-16(22-17)10-21-14-6-4-13(18)5-7-14/h2-9H,10-11H2,1H3. The molecule has 0 radical (unpaired) electrons. The van der Waals surface area contributed by atoms with Crippen LogP contribution in [0.25, 0.3) is 0 Å². The van der Waals surface area contributed by atoms with E-state index in [0.717, 1.165) is 5.75 Å². The van der Waals surface area contributed by atoms with E-state index in [1.807, 2.05) is 0 Å². The quantitative estimate of drug-likeness (QED) is 0.519. The monoisotopic (exact) mass is 378 g/mol. The van der Waals surface area contributed by atoms with Crippen molar-refractivity contribution in [3.05, 3.63) is 65.0 Å². The minimum absolute atomic E-state index is 0.234. The predicted molar refractivity (Wildman–Crippen MR) is 97.9 cm³/mol. The molecule has 0 amide bonds. The second kappa shape index (κ2) is 8.46. The molecule has 7 heteroatoms. The molecule has 0 unspecified atom stereocenters. The van der Waals surface area contributed by atoms with Gasteiger partial charge in [0.2, 0.25) is 0 Å². The molecule has 2 aromatic carbocycles. The summed E-state index contributed by atoms with van der Waals surface area (Å²) in [6.45, 7) is 0.234. The van der Waals surface area contributed by atoms with Crippen molar-refractivity contribution in [2.24, 2.45) is 0 Å². The second-order valence-electron chi connectivity index (χ2n) is 4.84. The van der Waals surface area contributed by atoms with E-state index in [4.69, 9.17) is 20.8 Å². The summed E-state index contributed by atoms with van der Waals surface area (Å²) in [7, 11) is 0. The molecule has 0 aliphatic carbocycles. The first-order chi connectivity index (χ1) is 11.7. The highest BCUT2D eigenvalue weighted by atomic mass is 35.5. The van der Waals surface area contributed by atoms with Crippen molar-refractivity contribution in [3.8, 4) is 5.75 Å². The van der Waals surface area contributed by atoms with Gasteiger partial charge >= 0.3 is 0 Å². The number of hydrogen-bond donors (Lipinski definition) is 0. The first kappa shape index (κ1) is 17.2. The summed E-state index contributed by atoms with van der Waals surface area (Å²) in [4.78, 5) is 1.25. The fourth-order valence-electron chi connectivity index (χ4n) is 1.90. The van der Waals surface area contributed by atoms with E-state index in [2.05, 4.69) is 40.7 Å². The Kier molecular flexibility index (Phi) is 6.07. The molecule has 0 saturated heterocycles. The van der Waals surface area contributed by atoms with Crippen LogP contribution in [0.4, 0.5) is 0 Å². The maximum Gasteiger partial charge on any atom is 0.277 e. The van der Waals surface area contributed by atoms with Gasteiger partial charge in [-0.25, -0.2) is 0 Å². The van der Waals surface area contributed by atoms with Crippen LogP contribution in [0.2, 0.25) is 5.02 Å². The molecule has 3 aromatic rings. The molecule has 4 nitrogen and oxygen atoms in total. The van der Waals surface area contributed by atoms with Crippen LogP contribution in [0.5, 0.6) is 5.75 Å². The van der Waals surface area contributed by atoms with Crippen molar-refractivity contribution >= 4 is 35.1 Å². The lowest BCUT2D eigenvalue weighted by Crippen LogP contribution is -1.95. The van der Waals surface area contributed by atoms with Gasteiger partial charge in [-0.2, -0.15) is 0 Å². The maximum atomic E-state index is 5.83. The highest BCUT2D eigenvalue weighted by Gasteiger charge is 2.08. The number of rotatable bonds is 7. The molecule has 0 bridgehead atoms. The summed E-state index contributed by atoms with van der Waals surface area (Å²) < 4.78 is 11.2. The lowest BCUT2D eigenvalue weighted by molar-refractivity contribution is 0.252. The molecule has 1 aromatic heterocycles. The Balaban J connectivity index is 1.50. The lowest BCUT2D eigenvalue weighted by atomic mass is 10.2. The molecule has 0 fully saturated rings. The van der Waals surface area contributed by atoms with Crippen LogP contribution >= 0.6 is 35.1 Å². The Hall–Kier alpha value is -1.63. The Morgan fingerprint density at radius 3 is 2.50 bits per heavy atom. The van der Waals surface area contributed by atoms with E-state index < -0.39 is 0 Å². The second-order valence-corrected chi connectivity index (χ2v) is 7.08. The SMILES string of the molecule is CSc1ccc(CSc2nnc(COc3ccc(Cl)cc3)o2)cc1. The van der Waals surface area contributed by atoms with E-state index in [9.17, 15) is 0 Å². The molecule has 0 spiro atoms. The average Bonchev–Trinajstić information content (AvgIpc) is 3.08. The van der Waals surface area contributed by atoms with Gasteiger partial charge in [0, 0.05) is 15.7 Å². The van der Waals surface area contributed by atoms with Crippen LogP contribution in [-0.2, 0) is 12.4 Å². The summed E-state index contributed by atoms with van der Waals surface area (Å²) in [5.41, 5.74) is 1.22. The first-order valence-electron chi connectivity index (χ1n) is 7.19. The van der Waals surface area contributed by atoms with Crippen molar-refractivity contribution in [3.63, 3.8) is 0 Å². The van der Waals surface area contributed by atoms with Crippen LogP contribution < -0.4 is 4.74 Å². The van der Waals surface area contributed by atoms with Crippen LogP contribution in [0.1, 0.15) is 11.5 Å². The summed E-state index contributed by atoms with van der Waals surface area (Å²) in [5, 5.41) is 9.24. The molecule has 0 saturated carbocycles. The number of aromatic nitrogens is 2. The Bertz CT molecular complexity index is 776. The van der Waals surface area contributed by atoms with Gasteiger partial charge < -0.3 is 9.15 Å². The summed E-state index contributed by atoms with van der Waals surface area (Å²) in [6, 6.07) is 15.6. The lowest BCUT2D eigenvalue weighted by Gasteiger charge is -2.02. The van der Waals surface area contributed by atoms with E-state index in [1.165, 1.54) is 22.2 Å². The van der Waals surface area contributed by atoms with Crippen molar-refractivity contribution in [2.45, 2.75) is 22.5 Å².